The van der Waals surface area contributed by atoms with Crippen LogP contribution in [0.25, 0.3) is 10.8 Å². The molecule has 0 saturated heterocycles. The molecule has 7 nitrogen and oxygen atoms in total. The molecule has 8 heteroatoms. The van der Waals surface area contributed by atoms with Crippen molar-refractivity contribution < 1.29 is 14.7 Å². The first-order valence-corrected chi connectivity index (χ1v) is 8.61. The quantitative estimate of drug-likeness (QED) is 0.880. The lowest BCUT2D eigenvalue weighted by Crippen LogP contribution is -2.56. The second-order valence-electron chi connectivity index (χ2n) is 6.13. The van der Waals surface area contributed by atoms with Gasteiger partial charge in [-0.3, -0.25) is 4.79 Å². The van der Waals surface area contributed by atoms with Crippen LogP contribution in [-0.4, -0.2) is 37.5 Å². The summed E-state index contributed by atoms with van der Waals surface area (Å²) in [6.45, 7) is 2.10. The Labute approximate surface area is 143 Å². The van der Waals surface area contributed by atoms with Crippen LogP contribution in [0.4, 0.5) is 0 Å². The van der Waals surface area contributed by atoms with E-state index in [-0.39, 0.29) is 0 Å². The predicted octanol–water partition coefficient (Wildman–Crippen LogP) is 2.36. The van der Waals surface area contributed by atoms with Crippen LogP contribution in [0.2, 0.25) is 0 Å². The van der Waals surface area contributed by atoms with E-state index in [4.69, 9.17) is 0 Å². The molecule has 3 rings (SSSR count). The molecule has 2 N–H and O–H groups in total. The van der Waals surface area contributed by atoms with Gasteiger partial charge in [-0.2, -0.15) is 0 Å². The molecule has 1 aliphatic carbocycles. The maximum Gasteiger partial charge on any atom is 0.329 e. The standard InChI is InChI=1S/C16H18N4O3S/c1-10-3-5-16(6-4-10,15(22)23)20-13(21)11-9-19-14(24-11)12-17-7-2-8-18-12/h2,7-10H,3-6H2,1H3,(H,20,21)(H,22,23). The molecule has 0 atom stereocenters. The Bertz CT molecular complexity index is 739. The van der Waals surface area contributed by atoms with Crippen LogP contribution in [0.3, 0.4) is 0 Å². The molecule has 126 valence electrons. The van der Waals surface area contributed by atoms with Crippen molar-refractivity contribution in [2.24, 2.45) is 5.92 Å². The Morgan fingerprint density at radius 2 is 1.92 bits per heavy atom. The van der Waals surface area contributed by atoms with E-state index in [1.807, 2.05) is 0 Å². The van der Waals surface area contributed by atoms with Crippen molar-refractivity contribution in [3.63, 3.8) is 0 Å². The van der Waals surface area contributed by atoms with Gasteiger partial charge in [-0.1, -0.05) is 6.92 Å². The van der Waals surface area contributed by atoms with Gasteiger partial charge < -0.3 is 10.4 Å². The second-order valence-corrected chi connectivity index (χ2v) is 7.16. The number of nitrogens with one attached hydrogen (secondary N) is 1. The van der Waals surface area contributed by atoms with E-state index in [1.165, 1.54) is 6.20 Å². The van der Waals surface area contributed by atoms with Crippen LogP contribution < -0.4 is 5.32 Å². The fourth-order valence-corrected chi connectivity index (χ4v) is 3.58. The van der Waals surface area contributed by atoms with Crippen LogP contribution in [0.1, 0.15) is 42.3 Å². The number of nitrogens with zero attached hydrogens (tertiary/aromatic N) is 3. The molecule has 2 aromatic rings. The molecule has 1 amide bonds. The SMILES string of the molecule is CC1CCC(NC(=O)c2cnc(-c3ncccn3)s2)(C(=O)O)CC1. The zero-order valence-electron chi connectivity index (χ0n) is 13.2. The number of hydrogen-bond acceptors (Lipinski definition) is 6. The molecule has 1 aliphatic rings. The number of carboxylic acid groups (broad SMARTS) is 1. The van der Waals surface area contributed by atoms with Gasteiger partial charge >= 0.3 is 5.97 Å². The molecule has 0 bridgehead atoms. The number of thiazole rings is 1. The van der Waals surface area contributed by atoms with E-state index in [1.54, 1.807) is 18.5 Å². The number of amides is 1. The first-order chi connectivity index (χ1) is 11.5. The van der Waals surface area contributed by atoms with Crippen LogP contribution in [0.15, 0.2) is 24.7 Å². The van der Waals surface area contributed by atoms with Crippen molar-refractivity contribution in [1.29, 1.82) is 0 Å². The molecule has 1 saturated carbocycles. The normalized spacial score (nSPS) is 23.6. The monoisotopic (exact) mass is 346 g/mol. The third-order valence-corrected chi connectivity index (χ3v) is 5.37. The highest BCUT2D eigenvalue weighted by Gasteiger charge is 2.42. The summed E-state index contributed by atoms with van der Waals surface area (Å²) in [6.07, 6.45) is 7.12. The minimum atomic E-state index is -1.18. The predicted molar refractivity (Wildman–Crippen MR) is 88.6 cm³/mol. The van der Waals surface area contributed by atoms with Gasteiger partial charge in [0, 0.05) is 12.4 Å². The average molecular weight is 346 g/mol. The van der Waals surface area contributed by atoms with Gasteiger partial charge in [0.25, 0.3) is 5.91 Å². The molecular formula is C16H18N4O3S. The van der Waals surface area contributed by atoms with Crippen LogP contribution in [0.5, 0.6) is 0 Å². The summed E-state index contributed by atoms with van der Waals surface area (Å²) in [5, 5.41) is 12.9. The highest BCUT2D eigenvalue weighted by molar-refractivity contribution is 7.16. The Balaban J connectivity index is 1.77. The van der Waals surface area contributed by atoms with Crippen molar-refractivity contribution in [2.75, 3.05) is 0 Å². The summed E-state index contributed by atoms with van der Waals surface area (Å²) < 4.78 is 0. The van der Waals surface area contributed by atoms with E-state index in [2.05, 4.69) is 27.2 Å². The molecule has 1 fully saturated rings. The average Bonchev–Trinajstić information content (AvgIpc) is 3.08. The van der Waals surface area contributed by atoms with Gasteiger partial charge in [0.1, 0.15) is 10.4 Å². The third kappa shape index (κ3) is 3.28. The largest absolute Gasteiger partial charge is 0.480 e. The molecule has 0 radical (unpaired) electrons. The summed E-state index contributed by atoms with van der Waals surface area (Å²) in [5.41, 5.74) is -1.18. The second kappa shape index (κ2) is 6.64. The zero-order valence-corrected chi connectivity index (χ0v) is 14.0. The van der Waals surface area contributed by atoms with Crippen molar-refractivity contribution in [3.05, 3.63) is 29.5 Å². The summed E-state index contributed by atoms with van der Waals surface area (Å²) in [5.74, 6) is -0.453. The minimum absolute atomic E-state index is 0.358. The van der Waals surface area contributed by atoms with Crippen molar-refractivity contribution >= 4 is 23.2 Å². The van der Waals surface area contributed by atoms with Gasteiger partial charge in [0.05, 0.1) is 6.20 Å². The summed E-state index contributed by atoms with van der Waals surface area (Å²) in [7, 11) is 0. The van der Waals surface area contributed by atoms with Gasteiger partial charge in [-0.15, -0.1) is 11.3 Å². The van der Waals surface area contributed by atoms with E-state index >= 15 is 0 Å². The smallest absolute Gasteiger partial charge is 0.329 e. The van der Waals surface area contributed by atoms with E-state index < -0.39 is 17.4 Å². The number of rotatable bonds is 4. The molecule has 2 heterocycles. The van der Waals surface area contributed by atoms with E-state index in [0.717, 1.165) is 24.2 Å². The summed E-state index contributed by atoms with van der Waals surface area (Å²) in [6, 6.07) is 1.70. The van der Waals surface area contributed by atoms with Crippen molar-refractivity contribution in [3.8, 4) is 10.8 Å². The molecule has 0 unspecified atom stereocenters. The lowest BCUT2D eigenvalue weighted by Gasteiger charge is -2.36. The Morgan fingerprint density at radius 3 is 2.54 bits per heavy atom. The van der Waals surface area contributed by atoms with E-state index in [0.29, 0.717) is 34.5 Å². The number of carboxylic acids is 1. The highest BCUT2D eigenvalue weighted by Crippen LogP contribution is 2.33. The zero-order chi connectivity index (χ0) is 17.2. The molecule has 24 heavy (non-hydrogen) atoms. The number of aliphatic carboxylic acids is 1. The maximum atomic E-state index is 12.5. The maximum absolute atomic E-state index is 12.5. The lowest BCUT2D eigenvalue weighted by atomic mass is 9.77. The first kappa shape index (κ1) is 16.5. The third-order valence-electron chi connectivity index (χ3n) is 4.38. The summed E-state index contributed by atoms with van der Waals surface area (Å²) >= 11 is 1.15. The Kier molecular flexibility index (Phi) is 4.57. The lowest BCUT2D eigenvalue weighted by molar-refractivity contribution is -0.146. The molecule has 0 aliphatic heterocycles. The van der Waals surface area contributed by atoms with Gasteiger partial charge in [0.15, 0.2) is 10.8 Å². The number of hydrogen-bond donors (Lipinski definition) is 2. The van der Waals surface area contributed by atoms with Crippen LogP contribution in [-0.2, 0) is 4.79 Å². The summed E-state index contributed by atoms with van der Waals surface area (Å²) in [4.78, 5) is 37.0. The van der Waals surface area contributed by atoms with Gasteiger partial charge in [-0.25, -0.2) is 19.7 Å². The number of carbonyl (C=O) groups excluding carboxylic acids is 1. The van der Waals surface area contributed by atoms with Gasteiger partial charge in [0.2, 0.25) is 0 Å². The molecule has 0 spiro atoms. The van der Waals surface area contributed by atoms with Crippen LogP contribution in [0, 0.1) is 5.92 Å². The Hall–Kier alpha value is -2.35. The molecular weight excluding hydrogens is 328 g/mol. The molecule has 0 aromatic carbocycles. The topological polar surface area (TPSA) is 105 Å². The fraction of sp³-hybridized carbons (Fsp3) is 0.438. The van der Waals surface area contributed by atoms with Crippen molar-refractivity contribution in [2.45, 2.75) is 38.1 Å². The minimum Gasteiger partial charge on any atom is -0.480 e. The van der Waals surface area contributed by atoms with E-state index in [9.17, 15) is 14.7 Å². The fourth-order valence-electron chi connectivity index (χ4n) is 2.82. The van der Waals surface area contributed by atoms with Crippen LogP contribution >= 0.6 is 11.3 Å². The Morgan fingerprint density at radius 1 is 1.25 bits per heavy atom. The number of carbonyl (C=O) groups is 2. The molecule has 2 aromatic heterocycles. The first-order valence-electron chi connectivity index (χ1n) is 7.79. The van der Waals surface area contributed by atoms with Crippen molar-refractivity contribution in [1.82, 2.24) is 20.3 Å². The number of aromatic nitrogens is 3. The van der Waals surface area contributed by atoms with Gasteiger partial charge in [-0.05, 0) is 37.7 Å². The highest BCUT2D eigenvalue weighted by atomic mass is 32.1.